The van der Waals surface area contributed by atoms with Crippen LogP contribution in [0, 0.1) is 0 Å². The van der Waals surface area contributed by atoms with Crippen molar-refractivity contribution in [3.8, 4) is 0 Å². The summed E-state index contributed by atoms with van der Waals surface area (Å²) in [6.45, 7) is 7.39. The molecule has 0 saturated heterocycles. The molecule has 0 spiro atoms. The summed E-state index contributed by atoms with van der Waals surface area (Å²) in [6.07, 6.45) is 0. The highest BCUT2D eigenvalue weighted by Gasteiger charge is 2.01. The fraction of sp³-hybridized carbons (Fsp3) is 0.333. The molecule has 1 N–H and O–H groups in total. The second-order valence-corrected chi connectivity index (χ2v) is 5.18. The van der Waals surface area contributed by atoms with Gasteiger partial charge >= 0.3 is 0 Å². The smallest absolute Gasteiger partial charge is 0.0494 e. The third kappa shape index (κ3) is 3.26. The predicted molar refractivity (Wildman–Crippen MR) is 81.6 cm³/mol. The molecule has 3 heteroatoms. The van der Waals surface area contributed by atoms with Crippen molar-refractivity contribution >= 4 is 22.7 Å². The number of rotatable bonds is 6. The zero-order chi connectivity index (χ0) is 12.8. The van der Waals surface area contributed by atoms with Crippen LogP contribution in [-0.2, 0) is 6.54 Å². The van der Waals surface area contributed by atoms with E-state index >= 15 is 0 Å². The fourth-order valence-electron chi connectivity index (χ4n) is 1.98. The Morgan fingerprint density at radius 2 is 1.78 bits per heavy atom. The summed E-state index contributed by atoms with van der Waals surface area (Å²) in [6, 6.07) is 12.9. The molecule has 1 aromatic heterocycles. The topological polar surface area (TPSA) is 15.3 Å². The van der Waals surface area contributed by atoms with E-state index in [1.54, 1.807) is 11.3 Å². The van der Waals surface area contributed by atoms with E-state index in [0.29, 0.717) is 0 Å². The SMILES string of the molecule is CCN(CC)c1ccc(NCc2cccs2)cc1. The first kappa shape index (κ1) is 13.0. The molecule has 96 valence electrons. The lowest BCUT2D eigenvalue weighted by Crippen LogP contribution is -2.21. The largest absolute Gasteiger partial charge is 0.380 e. The van der Waals surface area contributed by atoms with Crippen molar-refractivity contribution in [1.29, 1.82) is 0 Å². The van der Waals surface area contributed by atoms with Gasteiger partial charge < -0.3 is 10.2 Å². The minimum absolute atomic E-state index is 0.905. The van der Waals surface area contributed by atoms with Gasteiger partial charge in [0.25, 0.3) is 0 Å². The van der Waals surface area contributed by atoms with Crippen LogP contribution in [0.3, 0.4) is 0 Å². The first-order valence-corrected chi connectivity index (χ1v) is 7.32. The lowest BCUT2D eigenvalue weighted by atomic mass is 10.2. The summed E-state index contributed by atoms with van der Waals surface area (Å²) in [4.78, 5) is 3.71. The van der Waals surface area contributed by atoms with Gasteiger partial charge in [0.05, 0.1) is 0 Å². The Labute approximate surface area is 113 Å². The fourth-order valence-corrected chi connectivity index (χ4v) is 2.63. The summed E-state index contributed by atoms with van der Waals surface area (Å²) in [5, 5.41) is 5.55. The van der Waals surface area contributed by atoms with Gasteiger partial charge in [-0.2, -0.15) is 0 Å². The van der Waals surface area contributed by atoms with Crippen LogP contribution in [0.15, 0.2) is 41.8 Å². The highest BCUT2D eigenvalue weighted by atomic mass is 32.1. The molecule has 0 saturated carbocycles. The molecule has 2 nitrogen and oxygen atoms in total. The second kappa shape index (κ2) is 6.45. The minimum Gasteiger partial charge on any atom is -0.380 e. The van der Waals surface area contributed by atoms with E-state index in [2.05, 4.69) is 65.8 Å². The van der Waals surface area contributed by atoms with Crippen LogP contribution >= 0.6 is 11.3 Å². The molecule has 1 aromatic carbocycles. The summed E-state index contributed by atoms with van der Waals surface area (Å²) in [5.41, 5.74) is 2.47. The lowest BCUT2D eigenvalue weighted by molar-refractivity contribution is 0.866. The Morgan fingerprint density at radius 1 is 1.06 bits per heavy atom. The molecule has 0 aliphatic carbocycles. The first-order valence-electron chi connectivity index (χ1n) is 6.44. The Balaban J connectivity index is 1.95. The number of benzene rings is 1. The van der Waals surface area contributed by atoms with Crippen LogP contribution in [0.1, 0.15) is 18.7 Å². The first-order chi connectivity index (χ1) is 8.83. The zero-order valence-electron chi connectivity index (χ0n) is 11.0. The van der Waals surface area contributed by atoms with Crippen LogP contribution < -0.4 is 10.2 Å². The maximum absolute atomic E-state index is 3.44. The van der Waals surface area contributed by atoms with Crippen molar-refractivity contribution in [1.82, 2.24) is 0 Å². The third-order valence-electron chi connectivity index (χ3n) is 3.04. The van der Waals surface area contributed by atoms with E-state index in [1.807, 2.05) is 0 Å². The second-order valence-electron chi connectivity index (χ2n) is 4.15. The van der Waals surface area contributed by atoms with Crippen molar-refractivity contribution in [3.05, 3.63) is 46.7 Å². The molecule has 0 aliphatic heterocycles. The molecular formula is C15H20N2S. The summed E-state index contributed by atoms with van der Waals surface area (Å²) in [5.74, 6) is 0. The van der Waals surface area contributed by atoms with Crippen molar-refractivity contribution in [2.45, 2.75) is 20.4 Å². The van der Waals surface area contributed by atoms with Gasteiger partial charge in [0.1, 0.15) is 0 Å². The minimum atomic E-state index is 0.905. The summed E-state index contributed by atoms with van der Waals surface area (Å²) in [7, 11) is 0. The summed E-state index contributed by atoms with van der Waals surface area (Å²) >= 11 is 1.79. The van der Waals surface area contributed by atoms with Crippen molar-refractivity contribution in [2.75, 3.05) is 23.3 Å². The van der Waals surface area contributed by atoms with Gasteiger partial charge in [-0.05, 0) is 49.6 Å². The molecule has 0 atom stereocenters. The molecule has 2 aromatic rings. The molecule has 0 fully saturated rings. The molecule has 1 heterocycles. The van der Waals surface area contributed by atoms with Crippen LogP contribution in [0.5, 0.6) is 0 Å². The molecule has 0 aliphatic rings. The molecular weight excluding hydrogens is 240 g/mol. The molecule has 0 radical (unpaired) electrons. The van der Waals surface area contributed by atoms with Crippen molar-refractivity contribution < 1.29 is 0 Å². The highest BCUT2D eigenvalue weighted by Crippen LogP contribution is 2.19. The van der Waals surface area contributed by atoms with E-state index in [9.17, 15) is 0 Å². The monoisotopic (exact) mass is 260 g/mol. The van der Waals surface area contributed by atoms with Crippen LogP contribution in [0.25, 0.3) is 0 Å². The van der Waals surface area contributed by atoms with Crippen LogP contribution in [0.4, 0.5) is 11.4 Å². The number of thiophene rings is 1. The normalized spacial score (nSPS) is 10.3. The molecule has 0 amide bonds. The Bertz CT molecular complexity index is 444. The van der Waals surface area contributed by atoms with Crippen molar-refractivity contribution in [3.63, 3.8) is 0 Å². The van der Waals surface area contributed by atoms with E-state index in [-0.39, 0.29) is 0 Å². The van der Waals surface area contributed by atoms with Crippen molar-refractivity contribution in [2.24, 2.45) is 0 Å². The van der Waals surface area contributed by atoms with Gasteiger partial charge in [-0.1, -0.05) is 6.07 Å². The van der Waals surface area contributed by atoms with Gasteiger partial charge in [-0.25, -0.2) is 0 Å². The van der Waals surface area contributed by atoms with E-state index in [1.165, 1.54) is 16.3 Å². The van der Waals surface area contributed by atoms with Crippen LogP contribution in [-0.4, -0.2) is 13.1 Å². The van der Waals surface area contributed by atoms with E-state index < -0.39 is 0 Å². The molecule has 2 rings (SSSR count). The lowest BCUT2D eigenvalue weighted by Gasteiger charge is -2.21. The van der Waals surface area contributed by atoms with Gasteiger partial charge in [0.15, 0.2) is 0 Å². The quantitative estimate of drug-likeness (QED) is 0.837. The van der Waals surface area contributed by atoms with Gasteiger partial charge in [0.2, 0.25) is 0 Å². The summed E-state index contributed by atoms with van der Waals surface area (Å²) < 4.78 is 0. The van der Waals surface area contributed by atoms with Gasteiger partial charge in [-0.15, -0.1) is 11.3 Å². The average molecular weight is 260 g/mol. The van der Waals surface area contributed by atoms with Crippen LogP contribution in [0.2, 0.25) is 0 Å². The Morgan fingerprint density at radius 3 is 2.33 bits per heavy atom. The maximum Gasteiger partial charge on any atom is 0.0494 e. The number of nitrogens with zero attached hydrogens (tertiary/aromatic N) is 1. The van der Waals surface area contributed by atoms with Gasteiger partial charge in [0, 0.05) is 35.9 Å². The molecule has 0 bridgehead atoms. The van der Waals surface area contributed by atoms with Gasteiger partial charge in [-0.3, -0.25) is 0 Å². The zero-order valence-corrected chi connectivity index (χ0v) is 11.8. The van der Waals surface area contributed by atoms with E-state index in [0.717, 1.165) is 19.6 Å². The maximum atomic E-state index is 3.44. The van der Waals surface area contributed by atoms with E-state index in [4.69, 9.17) is 0 Å². The third-order valence-corrected chi connectivity index (χ3v) is 3.92. The standard InChI is InChI=1S/C15H20N2S/c1-3-17(4-2)14-9-7-13(8-10-14)16-12-15-6-5-11-18-15/h5-11,16H,3-4,12H2,1-2H3. The number of nitrogens with one attached hydrogen (secondary N) is 1. The number of anilines is 2. The Hall–Kier alpha value is -1.48. The average Bonchev–Trinajstić information content (AvgIpc) is 2.92. The number of hydrogen-bond donors (Lipinski definition) is 1. The predicted octanol–water partition coefficient (Wildman–Crippen LogP) is 4.21. The Kier molecular flexibility index (Phi) is 4.65. The molecule has 0 unspecified atom stereocenters. The molecule has 18 heavy (non-hydrogen) atoms. The number of hydrogen-bond acceptors (Lipinski definition) is 3. The highest BCUT2D eigenvalue weighted by molar-refractivity contribution is 7.09.